The Balaban J connectivity index is 2.88. The van der Waals surface area contributed by atoms with E-state index in [9.17, 15) is 13.2 Å². The SMILES string of the molecule is CC(NS(=O)(=O)C(C)C(=O)O)c1cccc(Cl)c1. The first-order valence-electron chi connectivity index (χ1n) is 5.23. The van der Waals surface area contributed by atoms with Gasteiger partial charge in [0.1, 0.15) is 0 Å². The van der Waals surface area contributed by atoms with E-state index in [0.29, 0.717) is 10.6 Å². The number of carboxylic acids is 1. The quantitative estimate of drug-likeness (QED) is 0.866. The van der Waals surface area contributed by atoms with Gasteiger partial charge in [0.2, 0.25) is 10.0 Å². The van der Waals surface area contributed by atoms with Gasteiger partial charge in [-0.15, -0.1) is 0 Å². The summed E-state index contributed by atoms with van der Waals surface area (Å²) in [4.78, 5) is 10.7. The molecule has 100 valence electrons. The van der Waals surface area contributed by atoms with Crippen LogP contribution in [-0.2, 0) is 14.8 Å². The van der Waals surface area contributed by atoms with Crippen molar-refractivity contribution in [1.82, 2.24) is 4.72 Å². The summed E-state index contributed by atoms with van der Waals surface area (Å²) in [5, 5.41) is 7.69. The monoisotopic (exact) mass is 291 g/mol. The van der Waals surface area contributed by atoms with E-state index < -0.39 is 27.3 Å². The number of rotatable bonds is 5. The summed E-state index contributed by atoms with van der Waals surface area (Å²) in [5.74, 6) is -1.39. The Morgan fingerprint density at radius 1 is 1.39 bits per heavy atom. The van der Waals surface area contributed by atoms with Gasteiger partial charge in [0.25, 0.3) is 0 Å². The lowest BCUT2D eigenvalue weighted by molar-refractivity contribution is -0.136. The molecule has 0 bridgehead atoms. The van der Waals surface area contributed by atoms with Gasteiger partial charge in [-0.2, -0.15) is 0 Å². The maximum absolute atomic E-state index is 11.7. The van der Waals surface area contributed by atoms with E-state index in [-0.39, 0.29) is 0 Å². The first-order chi connectivity index (χ1) is 8.24. The van der Waals surface area contributed by atoms with Crippen molar-refractivity contribution in [2.45, 2.75) is 25.1 Å². The molecule has 0 amide bonds. The average Bonchev–Trinajstić information content (AvgIpc) is 2.27. The highest BCUT2D eigenvalue weighted by atomic mass is 35.5. The van der Waals surface area contributed by atoms with Crippen molar-refractivity contribution < 1.29 is 18.3 Å². The topological polar surface area (TPSA) is 83.5 Å². The number of carbonyl (C=O) groups is 1. The molecule has 0 spiro atoms. The highest BCUT2D eigenvalue weighted by Gasteiger charge is 2.29. The molecule has 18 heavy (non-hydrogen) atoms. The molecule has 0 aliphatic heterocycles. The zero-order chi connectivity index (χ0) is 13.9. The van der Waals surface area contributed by atoms with Crippen molar-refractivity contribution in [3.05, 3.63) is 34.9 Å². The number of hydrogen-bond acceptors (Lipinski definition) is 3. The Morgan fingerprint density at radius 2 is 2.00 bits per heavy atom. The molecule has 2 unspecified atom stereocenters. The van der Waals surface area contributed by atoms with Gasteiger partial charge < -0.3 is 5.11 Å². The van der Waals surface area contributed by atoms with Crippen LogP contribution in [0, 0.1) is 0 Å². The summed E-state index contributed by atoms with van der Waals surface area (Å²) in [5.41, 5.74) is 0.670. The molecule has 0 fully saturated rings. The molecule has 1 aromatic carbocycles. The molecule has 2 N–H and O–H groups in total. The molecule has 0 aliphatic carbocycles. The minimum Gasteiger partial charge on any atom is -0.480 e. The van der Waals surface area contributed by atoms with Crippen molar-refractivity contribution in [3.8, 4) is 0 Å². The second-order valence-corrected chi connectivity index (χ2v) is 6.39. The maximum atomic E-state index is 11.7. The van der Waals surface area contributed by atoms with Gasteiger partial charge in [0.15, 0.2) is 5.25 Å². The predicted molar refractivity (Wildman–Crippen MR) is 69.0 cm³/mol. The Kier molecular flexibility index (Phi) is 4.72. The standard InChI is InChI=1S/C11H14ClNO4S/c1-7(9-4-3-5-10(12)6-9)13-18(16,17)8(2)11(14)15/h3-8,13H,1-2H3,(H,14,15). The summed E-state index contributed by atoms with van der Waals surface area (Å²) >= 11 is 5.80. The van der Waals surface area contributed by atoms with E-state index in [1.807, 2.05) is 0 Å². The molecule has 5 nitrogen and oxygen atoms in total. The fourth-order valence-corrected chi connectivity index (χ4v) is 2.62. The highest BCUT2D eigenvalue weighted by Crippen LogP contribution is 2.18. The van der Waals surface area contributed by atoms with E-state index in [1.54, 1.807) is 31.2 Å². The van der Waals surface area contributed by atoms with Crippen LogP contribution in [0.2, 0.25) is 5.02 Å². The number of carboxylic acid groups (broad SMARTS) is 1. The molecule has 1 aromatic rings. The van der Waals surface area contributed by atoms with Crippen LogP contribution in [0.4, 0.5) is 0 Å². The van der Waals surface area contributed by atoms with Crippen molar-refractivity contribution in [2.24, 2.45) is 0 Å². The van der Waals surface area contributed by atoms with Gasteiger partial charge in [-0.3, -0.25) is 4.79 Å². The van der Waals surface area contributed by atoms with Crippen LogP contribution in [0.15, 0.2) is 24.3 Å². The molecular weight excluding hydrogens is 278 g/mol. The summed E-state index contributed by atoms with van der Waals surface area (Å²) in [7, 11) is -3.91. The van der Waals surface area contributed by atoms with Crippen molar-refractivity contribution in [3.63, 3.8) is 0 Å². The minimum atomic E-state index is -3.91. The Labute approximate surface area is 111 Å². The fourth-order valence-electron chi connectivity index (χ4n) is 1.33. The number of hydrogen-bond donors (Lipinski definition) is 2. The molecule has 2 atom stereocenters. The molecule has 0 saturated carbocycles. The van der Waals surface area contributed by atoms with Gasteiger partial charge in [0.05, 0.1) is 0 Å². The Hall–Kier alpha value is -1.11. The van der Waals surface area contributed by atoms with E-state index in [1.165, 1.54) is 0 Å². The number of benzene rings is 1. The third kappa shape index (κ3) is 3.69. The Morgan fingerprint density at radius 3 is 2.50 bits per heavy atom. The normalized spacial score (nSPS) is 15.1. The lowest BCUT2D eigenvalue weighted by atomic mass is 10.1. The van der Waals surface area contributed by atoms with Crippen LogP contribution in [-0.4, -0.2) is 24.7 Å². The molecule has 0 aliphatic rings. The maximum Gasteiger partial charge on any atom is 0.323 e. The number of aliphatic carboxylic acids is 1. The van der Waals surface area contributed by atoms with Crippen LogP contribution < -0.4 is 4.72 Å². The van der Waals surface area contributed by atoms with Gasteiger partial charge in [-0.1, -0.05) is 23.7 Å². The largest absolute Gasteiger partial charge is 0.480 e. The molecule has 0 saturated heterocycles. The molecule has 0 heterocycles. The van der Waals surface area contributed by atoms with Crippen molar-refractivity contribution >= 4 is 27.6 Å². The van der Waals surface area contributed by atoms with Crippen LogP contribution in [0.5, 0.6) is 0 Å². The molecule has 7 heteroatoms. The van der Waals surface area contributed by atoms with Gasteiger partial charge in [-0.05, 0) is 31.5 Å². The van der Waals surface area contributed by atoms with Crippen LogP contribution in [0.1, 0.15) is 25.5 Å². The summed E-state index contributed by atoms with van der Waals surface area (Å²) in [6, 6.07) is 6.16. The van der Waals surface area contributed by atoms with E-state index in [2.05, 4.69) is 4.72 Å². The summed E-state index contributed by atoms with van der Waals surface area (Å²) < 4.78 is 25.7. The zero-order valence-electron chi connectivity index (χ0n) is 9.92. The molecule has 0 aromatic heterocycles. The smallest absolute Gasteiger partial charge is 0.323 e. The van der Waals surface area contributed by atoms with E-state index in [4.69, 9.17) is 16.7 Å². The highest BCUT2D eigenvalue weighted by molar-refractivity contribution is 7.90. The third-order valence-electron chi connectivity index (χ3n) is 2.50. The van der Waals surface area contributed by atoms with E-state index >= 15 is 0 Å². The first kappa shape index (κ1) is 14.9. The second-order valence-electron chi connectivity index (χ2n) is 3.92. The molecular formula is C11H14ClNO4S. The third-order valence-corrected chi connectivity index (χ3v) is 4.55. The van der Waals surface area contributed by atoms with Crippen LogP contribution >= 0.6 is 11.6 Å². The lowest BCUT2D eigenvalue weighted by Gasteiger charge is -2.16. The predicted octanol–water partition coefficient (Wildman–Crippen LogP) is 1.79. The number of sulfonamides is 1. The second kappa shape index (κ2) is 5.69. The number of nitrogens with one attached hydrogen (secondary N) is 1. The Bertz CT molecular complexity index is 544. The van der Waals surface area contributed by atoms with Gasteiger partial charge in [-0.25, -0.2) is 13.1 Å². The zero-order valence-corrected chi connectivity index (χ0v) is 11.5. The van der Waals surface area contributed by atoms with Gasteiger partial charge in [0, 0.05) is 11.1 Å². The minimum absolute atomic E-state index is 0.491. The van der Waals surface area contributed by atoms with Crippen molar-refractivity contribution in [2.75, 3.05) is 0 Å². The van der Waals surface area contributed by atoms with Crippen molar-refractivity contribution in [1.29, 1.82) is 0 Å². The lowest BCUT2D eigenvalue weighted by Crippen LogP contribution is -2.38. The van der Waals surface area contributed by atoms with Crippen LogP contribution in [0.25, 0.3) is 0 Å². The first-order valence-corrected chi connectivity index (χ1v) is 7.16. The average molecular weight is 292 g/mol. The van der Waals surface area contributed by atoms with Gasteiger partial charge >= 0.3 is 5.97 Å². The summed E-state index contributed by atoms with van der Waals surface area (Å²) in [6.07, 6.45) is 0. The van der Waals surface area contributed by atoms with E-state index in [0.717, 1.165) is 6.92 Å². The fraction of sp³-hybridized carbons (Fsp3) is 0.364. The molecule has 1 rings (SSSR count). The van der Waals surface area contributed by atoms with Crippen LogP contribution in [0.3, 0.4) is 0 Å². The summed E-state index contributed by atoms with van der Waals surface area (Å²) in [6.45, 7) is 2.74. The number of halogens is 1. The molecule has 0 radical (unpaired) electrons.